The zero-order chi connectivity index (χ0) is 22.6. The molecule has 1 spiro atoms. The number of halogens is 3. The van der Waals surface area contributed by atoms with Gasteiger partial charge in [0.15, 0.2) is 0 Å². The molecule has 0 aliphatic carbocycles. The van der Waals surface area contributed by atoms with Crippen molar-refractivity contribution in [3.8, 4) is 0 Å². The number of rotatable bonds is 4. The molecule has 0 radical (unpaired) electrons. The van der Waals surface area contributed by atoms with E-state index in [9.17, 15) is 13.2 Å². The highest BCUT2D eigenvalue weighted by Gasteiger charge is 2.49. The fraction of sp³-hybridized carbons (Fsp3) is 0.579. The second-order valence-electron chi connectivity index (χ2n) is 7.59. The van der Waals surface area contributed by atoms with E-state index in [1.54, 1.807) is 11.3 Å². The summed E-state index contributed by atoms with van der Waals surface area (Å²) >= 11 is 1.64. The Morgan fingerprint density at radius 3 is 2.65 bits per heavy atom. The maximum absolute atomic E-state index is 10.6. The average molecular weight is 460 g/mol. The SMILES string of the molecule is Cc1cncc(COC2CCOC3(C2)CN(c2nnc(C)s2)C3)c1.O=C(O)C(F)(F)F. The molecule has 2 aliphatic rings. The Hall–Kier alpha value is -2.31. The summed E-state index contributed by atoms with van der Waals surface area (Å²) in [6.07, 6.45) is 0.813. The van der Waals surface area contributed by atoms with Crippen LogP contribution in [0.4, 0.5) is 18.3 Å². The number of carboxylic acid groups (broad SMARTS) is 1. The maximum Gasteiger partial charge on any atom is 0.490 e. The fourth-order valence-corrected chi connectivity index (χ4v) is 4.14. The number of aliphatic carboxylic acids is 1. The van der Waals surface area contributed by atoms with Gasteiger partial charge in [-0.2, -0.15) is 13.2 Å². The summed E-state index contributed by atoms with van der Waals surface area (Å²) in [7, 11) is 0. The number of alkyl halides is 3. The van der Waals surface area contributed by atoms with Gasteiger partial charge < -0.3 is 19.5 Å². The first kappa shape index (κ1) is 23.4. The van der Waals surface area contributed by atoms with Gasteiger partial charge in [-0.15, -0.1) is 10.2 Å². The highest BCUT2D eigenvalue weighted by atomic mass is 32.1. The van der Waals surface area contributed by atoms with Gasteiger partial charge in [-0.3, -0.25) is 4.98 Å². The van der Waals surface area contributed by atoms with Gasteiger partial charge in [0.25, 0.3) is 0 Å². The van der Waals surface area contributed by atoms with Gasteiger partial charge in [0, 0.05) is 25.4 Å². The second kappa shape index (κ2) is 9.45. The summed E-state index contributed by atoms with van der Waals surface area (Å²) in [5.41, 5.74) is 2.23. The van der Waals surface area contributed by atoms with Gasteiger partial charge in [0.2, 0.25) is 5.13 Å². The molecule has 0 bridgehead atoms. The van der Waals surface area contributed by atoms with E-state index in [4.69, 9.17) is 19.4 Å². The average Bonchev–Trinajstić information content (AvgIpc) is 3.10. The van der Waals surface area contributed by atoms with Gasteiger partial charge in [-0.25, -0.2) is 4.79 Å². The van der Waals surface area contributed by atoms with Crippen LogP contribution in [0.15, 0.2) is 18.5 Å². The molecule has 170 valence electrons. The van der Waals surface area contributed by atoms with Crippen molar-refractivity contribution in [2.75, 3.05) is 24.6 Å². The van der Waals surface area contributed by atoms with Crippen molar-refractivity contribution in [1.82, 2.24) is 15.2 Å². The van der Waals surface area contributed by atoms with Gasteiger partial charge >= 0.3 is 12.1 Å². The number of carbonyl (C=O) groups is 1. The van der Waals surface area contributed by atoms with Crippen LogP contribution in [0.25, 0.3) is 0 Å². The Labute approximate surface area is 181 Å². The number of carboxylic acids is 1. The van der Waals surface area contributed by atoms with E-state index in [0.717, 1.165) is 48.2 Å². The summed E-state index contributed by atoms with van der Waals surface area (Å²) in [4.78, 5) is 15.4. The third kappa shape index (κ3) is 6.34. The van der Waals surface area contributed by atoms with E-state index in [1.165, 1.54) is 5.56 Å². The fourth-order valence-electron chi connectivity index (χ4n) is 3.45. The molecule has 2 fully saturated rings. The molecule has 4 heterocycles. The van der Waals surface area contributed by atoms with Gasteiger partial charge in [0.05, 0.1) is 25.8 Å². The second-order valence-corrected chi connectivity index (χ2v) is 8.75. The lowest BCUT2D eigenvalue weighted by atomic mass is 9.85. The number of hydrogen-bond donors (Lipinski definition) is 1. The Morgan fingerprint density at radius 2 is 2.06 bits per heavy atom. The molecule has 2 aromatic rings. The number of pyridine rings is 1. The van der Waals surface area contributed by atoms with Crippen molar-refractivity contribution in [1.29, 1.82) is 0 Å². The van der Waals surface area contributed by atoms with Crippen molar-refractivity contribution in [3.63, 3.8) is 0 Å². The zero-order valence-electron chi connectivity index (χ0n) is 17.1. The molecule has 1 atom stereocenters. The lowest BCUT2D eigenvalue weighted by molar-refractivity contribution is -0.192. The van der Waals surface area contributed by atoms with Crippen molar-refractivity contribution in [2.24, 2.45) is 0 Å². The Kier molecular flexibility index (Phi) is 7.12. The van der Waals surface area contributed by atoms with Crippen molar-refractivity contribution < 1.29 is 32.5 Å². The van der Waals surface area contributed by atoms with E-state index in [-0.39, 0.29) is 11.7 Å². The van der Waals surface area contributed by atoms with Crippen LogP contribution in [0.2, 0.25) is 0 Å². The van der Waals surface area contributed by atoms with Crippen molar-refractivity contribution >= 4 is 22.4 Å². The van der Waals surface area contributed by atoms with E-state index in [1.807, 2.05) is 19.3 Å². The summed E-state index contributed by atoms with van der Waals surface area (Å²) in [5, 5.41) is 17.4. The minimum Gasteiger partial charge on any atom is -0.475 e. The normalized spacial score (nSPS) is 20.0. The number of ether oxygens (including phenoxy) is 2. The van der Waals surface area contributed by atoms with Crippen LogP contribution >= 0.6 is 11.3 Å². The minimum absolute atomic E-state index is 0.0760. The van der Waals surface area contributed by atoms with Crippen molar-refractivity contribution in [2.45, 2.75) is 51.2 Å². The van der Waals surface area contributed by atoms with Gasteiger partial charge in [0.1, 0.15) is 10.6 Å². The molecular formula is C19H23F3N4O4S. The number of anilines is 1. The molecule has 12 heteroatoms. The predicted octanol–water partition coefficient (Wildman–Crippen LogP) is 3.14. The molecule has 2 aromatic heterocycles. The summed E-state index contributed by atoms with van der Waals surface area (Å²) < 4.78 is 44.0. The van der Waals surface area contributed by atoms with Gasteiger partial charge in [-0.05, 0) is 31.4 Å². The molecular weight excluding hydrogens is 437 g/mol. The monoisotopic (exact) mass is 460 g/mol. The molecule has 0 amide bonds. The summed E-state index contributed by atoms with van der Waals surface area (Å²) in [6.45, 7) is 7.19. The van der Waals surface area contributed by atoms with E-state index < -0.39 is 12.1 Å². The first-order valence-corrected chi connectivity index (χ1v) is 10.4. The van der Waals surface area contributed by atoms with Crippen LogP contribution in [0, 0.1) is 13.8 Å². The smallest absolute Gasteiger partial charge is 0.475 e. The maximum atomic E-state index is 10.6. The van der Waals surface area contributed by atoms with Crippen LogP contribution in [0.1, 0.15) is 29.0 Å². The molecule has 31 heavy (non-hydrogen) atoms. The molecule has 2 saturated heterocycles. The molecule has 0 aromatic carbocycles. The zero-order valence-corrected chi connectivity index (χ0v) is 17.9. The number of nitrogens with zero attached hydrogens (tertiary/aromatic N) is 4. The lowest BCUT2D eigenvalue weighted by Crippen LogP contribution is -2.66. The molecule has 2 aliphatic heterocycles. The van der Waals surface area contributed by atoms with Crippen LogP contribution in [0.3, 0.4) is 0 Å². The van der Waals surface area contributed by atoms with Gasteiger partial charge in [-0.1, -0.05) is 17.4 Å². The Morgan fingerprint density at radius 1 is 1.35 bits per heavy atom. The van der Waals surface area contributed by atoms with E-state index in [2.05, 4.69) is 33.1 Å². The third-order valence-corrected chi connectivity index (χ3v) is 5.75. The topological polar surface area (TPSA) is 97.7 Å². The summed E-state index contributed by atoms with van der Waals surface area (Å²) in [6, 6.07) is 2.13. The minimum atomic E-state index is -5.08. The van der Waals surface area contributed by atoms with Crippen LogP contribution in [-0.2, 0) is 20.9 Å². The molecule has 1 unspecified atom stereocenters. The first-order chi connectivity index (χ1) is 14.6. The highest BCUT2D eigenvalue weighted by Crippen LogP contribution is 2.38. The molecule has 4 rings (SSSR count). The standard InChI is InChI=1S/C17H22N4O2S.C2HF3O2/c1-12-5-14(8-18-7-12)9-22-15-3-4-23-17(6-15)10-21(11-17)16-20-19-13(2)24-16;3-2(4,5)1(6)7/h5,7-8,15H,3-4,6,9-11H2,1-2H3;(H,6,7). The predicted molar refractivity (Wildman–Crippen MR) is 106 cm³/mol. The highest BCUT2D eigenvalue weighted by molar-refractivity contribution is 7.15. The quantitative estimate of drug-likeness (QED) is 0.743. The number of hydrogen-bond acceptors (Lipinski definition) is 8. The van der Waals surface area contributed by atoms with Crippen LogP contribution < -0.4 is 4.90 Å². The Bertz CT molecular complexity index is 902. The number of aryl methyl sites for hydroxylation is 2. The molecule has 0 saturated carbocycles. The third-order valence-electron chi connectivity index (χ3n) is 4.85. The first-order valence-electron chi connectivity index (χ1n) is 9.58. The van der Waals surface area contributed by atoms with Crippen molar-refractivity contribution in [3.05, 3.63) is 34.6 Å². The lowest BCUT2D eigenvalue weighted by Gasteiger charge is -2.52. The largest absolute Gasteiger partial charge is 0.490 e. The van der Waals surface area contributed by atoms with E-state index >= 15 is 0 Å². The van der Waals surface area contributed by atoms with Crippen LogP contribution in [-0.4, -0.2) is 63.8 Å². The van der Waals surface area contributed by atoms with E-state index in [0.29, 0.717) is 6.61 Å². The molecule has 1 N–H and O–H groups in total. The number of aromatic nitrogens is 3. The Balaban J connectivity index is 0.000000339. The molecule has 8 nitrogen and oxygen atoms in total. The van der Waals surface area contributed by atoms with Crippen LogP contribution in [0.5, 0.6) is 0 Å². The summed E-state index contributed by atoms with van der Waals surface area (Å²) in [5.74, 6) is -2.76.